The molecule has 146 valence electrons. The highest BCUT2D eigenvalue weighted by Gasteiger charge is 2.42. The normalized spacial score (nSPS) is 19.1. The van der Waals surface area contributed by atoms with Crippen molar-refractivity contribution in [3.05, 3.63) is 64.2 Å². The number of rotatable bonds is 5. The summed E-state index contributed by atoms with van der Waals surface area (Å²) in [4.78, 5) is 41.0. The Morgan fingerprint density at radius 1 is 1.18 bits per heavy atom. The molecule has 2 unspecified atom stereocenters. The summed E-state index contributed by atoms with van der Waals surface area (Å²) in [5.41, 5.74) is 4.10. The molecule has 28 heavy (non-hydrogen) atoms. The number of pyridine rings is 1. The first-order valence-electron chi connectivity index (χ1n) is 9.32. The van der Waals surface area contributed by atoms with Gasteiger partial charge >= 0.3 is 0 Å². The van der Waals surface area contributed by atoms with Crippen molar-refractivity contribution in [3.63, 3.8) is 0 Å². The zero-order valence-electron chi connectivity index (χ0n) is 16.2. The number of hydrogen-bond acceptors (Lipinski definition) is 4. The number of carbonyl (C=O) groups excluding carboxylic acids is 3. The SMILES string of the molecule is Cc1cc(C)c(C2C(=O)CC(CCNC(=O)c3ccc(F)nc3)C2=O)c(C)c1. The zero-order valence-corrected chi connectivity index (χ0v) is 16.2. The van der Waals surface area contributed by atoms with E-state index in [4.69, 9.17) is 0 Å². The number of benzene rings is 1. The number of amides is 1. The van der Waals surface area contributed by atoms with Gasteiger partial charge in [-0.15, -0.1) is 0 Å². The van der Waals surface area contributed by atoms with Crippen LogP contribution in [0.25, 0.3) is 0 Å². The molecule has 1 aromatic carbocycles. The lowest BCUT2D eigenvalue weighted by Crippen LogP contribution is -2.27. The van der Waals surface area contributed by atoms with Crippen LogP contribution >= 0.6 is 0 Å². The summed E-state index contributed by atoms with van der Waals surface area (Å²) in [6, 6.07) is 6.45. The van der Waals surface area contributed by atoms with E-state index in [-0.39, 0.29) is 36.0 Å². The van der Waals surface area contributed by atoms with E-state index >= 15 is 0 Å². The Kier molecular flexibility index (Phi) is 5.68. The number of nitrogens with one attached hydrogen (secondary N) is 1. The number of carbonyl (C=O) groups is 3. The van der Waals surface area contributed by atoms with E-state index in [1.807, 2.05) is 32.9 Å². The van der Waals surface area contributed by atoms with E-state index in [1.54, 1.807) is 0 Å². The zero-order chi connectivity index (χ0) is 20.4. The first kappa shape index (κ1) is 19.9. The maximum absolute atomic E-state index is 12.9. The first-order chi connectivity index (χ1) is 13.3. The molecule has 0 spiro atoms. The van der Waals surface area contributed by atoms with Crippen molar-refractivity contribution < 1.29 is 18.8 Å². The van der Waals surface area contributed by atoms with Crippen molar-refractivity contribution in [2.45, 2.75) is 39.5 Å². The van der Waals surface area contributed by atoms with Crippen LogP contribution in [0.1, 0.15) is 51.4 Å². The lowest BCUT2D eigenvalue weighted by molar-refractivity contribution is -0.124. The van der Waals surface area contributed by atoms with Crippen LogP contribution in [0.4, 0.5) is 4.39 Å². The molecular formula is C22H23FN2O3. The Bertz CT molecular complexity index is 914. The number of aryl methyl sites for hydroxylation is 3. The Morgan fingerprint density at radius 2 is 1.86 bits per heavy atom. The molecule has 3 rings (SSSR count). The summed E-state index contributed by atoms with van der Waals surface area (Å²) in [6.45, 7) is 6.11. The van der Waals surface area contributed by atoms with E-state index in [9.17, 15) is 18.8 Å². The van der Waals surface area contributed by atoms with Crippen molar-refractivity contribution >= 4 is 17.5 Å². The molecule has 2 aromatic rings. The second-order valence-electron chi connectivity index (χ2n) is 7.43. The smallest absolute Gasteiger partial charge is 0.252 e. The minimum atomic E-state index is -0.706. The molecule has 1 fully saturated rings. The van der Waals surface area contributed by atoms with Crippen molar-refractivity contribution in [2.75, 3.05) is 6.54 Å². The molecule has 2 atom stereocenters. The fourth-order valence-electron chi connectivity index (χ4n) is 4.02. The van der Waals surface area contributed by atoms with Crippen molar-refractivity contribution in [3.8, 4) is 0 Å². The molecule has 1 N–H and O–H groups in total. The topological polar surface area (TPSA) is 76.1 Å². The predicted octanol–water partition coefficient (Wildman–Crippen LogP) is 3.21. The lowest BCUT2D eigenvalue weighted by atomic mass is 9.86. The van der Waals surface area contributed by atoms with Gasteiger partial charge < -0.3 is 5.32 Å². The van der Waals surface area contributed by atoms with Gasteiger partial charge in [-0.3, -0.25) is 14.4 Å². The van der Waals surface area contributed by atoms with Crippen LogP contribution in [-0.4, -0.2) is 29.0 Å². The molecule has 6 heteroatoms. The van der Waals surface area contributed by atoms with E-state index in [0.29, 0.717) is 6.42 Å². The number of ketones is 2. The Morgan fingerprint density at radius 3 is 2.46 bits per heavy atom. The van der Waals surface area contributed by atoms with Gasteiger partial charge in [0.05, 0.1) is 5.56 Å². The molecule has 1 amide bonds. The molecule has 0 aliphatic heterocycles. The average Bonchev–Trinajstić information content (AvgIpc) is 2.89. The second kappa shape index (κ2) is 8.00. The standard InChI is InChI=1S/C22H23FN2O3/c1-12-8-13(2)19(14(3)9-12)20-17(26)10-15(21(20)27)6-7-24-22(28)16-4-5-18(23)25-11-16/h4-5,8-9,11,15,20H,6-7,10H2,1-3H3,(H,24,28). The highest BCUT2D eigenvalue weighted by atomic mass is 19.1. The summed E-state index contributed by atoms with van der Waals surface area (Å²) in [7, 11) is 0. The van der Waals surface area contributed by atoms with E-state index < -0.39 is 17.8 Å². The third-order valence-electron chi connectivity index (χ3n) is 5.25. The van der Waals surface area contributed by atoms with Crippen LogP contribution in [0.2, 0.25) is 0 Å². The summed E-state index contributed by atoms with van der Waals surface area (Å²) in [6.07, 6.45) is 1.75. The van der Waals surface area contributed by atoms with Gasteiger partial charge in [0.25, 0.3) is 5.91 Å². The Hall–Kier alpha value is -2.89. The molecule has 1 aromatic heterocycles. The van der Waals surface area contributed by atoms with Gasteiger partial charge in [0.15, 0.2) is 5.78 Å². The molecule has 0 bridgehead atoms. The van der Waals surface area contributed by atoms with Gasteiger partial charge in [0.1, 0.15) is 11.7 Å². The van der Waals surface area contributed by atoms with E-state index in [2.05, 4.69) is 10.3 Å². The number of hydrogen-bond donors (Lipinski definition) is 1. The number of halogens is 1. The third-order valence-corrected chi connectivity index (χ3v) is 5.25. The number of aromatic nitrogens is 1. The molecule has 1 aliphatic rings. The maximum Gasteiger partial charge on any atom is 0.252 e. The van der Waals surface area contributed by atoms with Gasteiger partial charge in [-0.05, 0) is 56.0 Å². The summed E-state index contributed by atoms with van der Waals surface area (Å²) >= 11 is 0. The monoisotopic (exact) mass is 382 g/mol. The van der Waals surface area contributed by atoms with Gasteiger partial charge in [-0.2, -0.15) is 4.39 Å². The summed E-state index contributed by atoms with van der Waals surface area (Å²) in [5.74, 6) is -2.27. The second-order valence-corrected chi connectivity index (χ2v) is 7.43. The summed E-state index contributed by atoms with van der Waals surface area (Å²) < 4.78 is 12.8. The maximum atomic E-state index is 12.9. The van der Waals surface area contributed by atoms with Crippen molar-refractivity contribution in [1.29, 1.82) is 0 Å². The van der Waals surface area contributed by atoms with E-state index in [0.717, 1.165) is 34.5 Å². The fraction of sp³-hybridized carbons (Fsp3) is 0.364. The fourth-order valence-corrected chi connectivity index (χ4v) is 4.02. The highest BCUT2D eigenvalue weighted by Crippen LogP contribution is 2.37. The first-order valence-corrected chi connectivity index (χ1v) is 9.32. The molecule has 1 saturated carbocycles. The molecular weight excluding hydrogens is 359 g/mol. The van der Waals surface area contributed by atoms with Crippen LogP contribution < -0.4 is 5.32 Å². The van der Waals surface area contributed by atoms with E-state index in [1.165, 1.54) is 6.07 Å². The van der Waals surface area contributed by atoms with Gasteiger partial charge in [-0.1, -0.05) is 17.7 Å². The highest BCUT2D eigenvalue weighted by molar-refractivity contribution is 6.15. The average molecular weight is 382 g/mol. The summed E-state index contributed by atoms with van der Waals surface area (Å²) in [5, 5.41) is 2.70. The minimum Gasteiger partial charge on any atom is -0.352 e. The van der Waals surface area contributed by atoms with Crippen LogP contribution in [0.5, 0.6) is 0 Å². The molecule has 1 aliphatic carbocycles. The Balaban J connectivity index is 1.64. The van der Waals surface area contributed by atoms with Gasteiger partial charge in [0, 0.05) is 25.1 Å². The predicted molar refractivity (Wildman–Crippen MR) is 103 cm³/mol. The van der Waals surface area contributed by atoms with Crippen LogP contribution in [0, 0.1) is 32.6 Å². The number of nitrogens with zero attached hydrogens (tertiary/aromatic N) is 1. The Labute approximate surface area is 163 Å². The largest absolute Gasteiger partial charge is 0.352 e. The van der Waals surface area contributed by atoms with Crippen LogP contribution in [0.3, 0.4) is 0 Å². The van der Waals surface area contributed by atoms with Gasteiger partial charge in [-0.25, -0.2) is 4.98 Å². The molecule has 0 saturated heterocycles. The third kappa shape index (κ3) is 4.01. The quantitative estimate of drug-likeness (QED) is 0.636. The number of Topliss-reactive ketones (excluding diaryl/α,β-unsaturated/α-hetero) is 2. The lowest BCUT2D eigenvalue weighted by Gasteiger charge is -2.16. The van der Waals surface area contributed by atoms with Crippen molar-refractivity contribution in [1.82, 2.24) is 10.3 Å². The van der Waals surface area contributed by atoms with Crippen molar-refractivity contribution in [2.24, 2.45) is 5.92 Å². The molecule has 0 radical (unpaired) electrons. The van der Waals surface area contributed by atoms with Crippen LogP contribution in [0.15, 0.2) is 30.5 Å². The van der Waals surface area contributed by atoms with Gasteiger partial charge in [0.2, 0.25) is 5.95 Å². The van der Waals surface area contributed by atoms with Crippen LogP contribution in [-0.2, 0) is 9.59 Å². The molecule has 5 nitrogen and oxygen atoms in total. The minimum absolute atomic E-state index is 0.0564. The molecule has 1 heterocycles.